The van der Waals surface area contributed by atoms with E-state index < -0.39 is 12.0 Å². The summed E-state index contributed by atoms with van der Waals surface area (Å²) >= 11 is 1.31. The molecule has 0 fully saturated rings. The van der Waals surface area contributed by atoms with Gasteiger partial charge in [-0.3, -0.25) is 9.36 Å². The Morgan fingerprint density at radius 3 is 2.44 bits per heavy atom. The molecule has 2 heterocycles. The van der Waals surface area contributed by atoms with Gasteiger partial charge in [0.05, 0.1) is 36.1 Å². The maximum absolute atomic E-state index is 13.6. The number of fused-ring (bicyclic) bond motifs is 1. The Kier molecular flexibility index (Phi) is 6.57. The Labute approximate surface area is 202 Å². The van der Waals surface area contributed by atoms with Crippen LogP contribution in [0.3, 0.4) is 0 Å². The average Bonchev–Trinajstić information content (AvgIpc) is 3.13. The molecule has 2 aromatic carbocycles. The molecule has 3 aromatic rings. The van der Waals surface area contributed by atoms with Gasteiger partial charge >= 0.3 is 5.97 Å². The van der Waals surface area contributed by atoms with Gasteiger partial charge < -0.3 is 9.47 Å². The van der Waals surface area contributed by atoms with Crippen LogP contribution in [0.25, 0.3) is 6.08 Å². The molecular formula is C27H28N2O4S. The third kappa shape index (κ3) is 4.23. The van der Waals surface area contributed by atoms with E-state index in [9.17, 15) is 9.59 Å². The van der Waals surface area contributed by atoms with Crippen LogP contribution in [-0.4, -0.2) is 24.8 Å². The van der Waals surface area contributed by atoms with E-state index in [2.05, 4.69) is 18.8 Å². The number of nitrogens with zero attached hydrogens (tertiary/aromatic N) is 2. The Balaban J connectivity index is 1.93. The second-order valence-electron chi connectivity index (χ2n) is 8.62. The molecule has 4 rings (SSSR count). The Hall–Kier alpha value is -3.45. The summed E-state index contributed by atoms with van der Waals surface area (Å²) in [7, 11) is 2.97. The number of ether oxygens (including phenoxy) is 2. The van der Waals surface area contributed by atoms with Gasteiger partial charge in [0.15, 0.2) is 4.80 Å². The van der Waals surface area contributed by atoms with Gasteiger partial charge in [0, 0.05) is 0 Å². The lowest BCUT2D eigenvalue weighted by Gasteiger charge is -2.24. The number of carbonyl (C=O) groups excluding carboxylic acids is 1. The Morgan fingerprint density at radius 2 is 1.82 bits per heavy atom. The van der Waals surface area contributed by atoms with E-state index in [0.29, 0.717) is 26.5 Å². The Morgan fingerprint density at radius 1 is 1.12 bits per heavy atom. The summed E-state index contributed by atoms with van der Waals surface area (Å²) in [5, 5.41) is 0. The molecule has 1 atom stereocenters. The first-order chi connectivity index (χ1) is 16.2. The van der Waals surface area contributed by atoms with Crippen LogP contribution in [0.1, 0.15) is 55.0 Å². The van der Waals surface area contributed by atoms with Crippen molar-refractivity contribution in [2.24, 2.45) is 4.99 Å². The molecule has 0 aliphatic carbocycles. The van der Waals surface area contributed by atoms with E-state index in [1.807, 2.05) is 55.5 Å². The highest BCUT2D eigenvalue weighted by atomic mass is 32.1. The second-order valence-corrected chi connectivity index (χ2v) is 9.63. The van der Waals surface area contributed by atoms with Crippen molar-refractivity contribution in [3.05, 3.63) is 95.7 Å². The summed E-state index contributed by atoms with van der Waals surface area (Å²) in [4.78, 5) is 31.6. The molecule has 0 saturated heterocycles. The van der Waals surface area contributed by atoms with Gasteiger partial charge in [0.25, 0.3) is 5.56 Å². The van der Waals surface area contributed by atoms with Crippen LogP contribution in [-0.2, 0) is 9.53 Å². The van der Waals surface area contributed by atoms with Gasteiger partial charge in [-0.05, 0) is 54.2 Å². The van der Waals surface area contributed by atoms with Gasteiger partial charge in [-0.15, -0.1) is 0 Å². The van der Waals surface area contributed by atoms with Crippen molar-refractivity contribution in [3.8, 4) is 5.75 Å². The molecule has 0 radical (unpaired) electrons. The van der Waals surface area contributed by atoms with Gasteiger partial charge in [-0.2, -0.15) is 0 Å². The normalized spacial score (nSPS) is 15.9. The molecule has 1 aliphatic rings. The fourth-order valence-corrected chi connectivity index (χ4v) is 5.20. The zero-order chi connectivity index (χ0) is 24.6. The first-order valence-corrected chi connectivity index (χ1v) is 11.9. The number of aryl methyl sites for hydroxylation is 1. The van der Waals surface area contributed by atoms with Gasteiger partial charge in [0.1, 0.15) is 5.75 Å². The Bertz CT molecular complexity index is 1460. The number of hydrogen-bond acceptors (Lipinski definition) is 6. The number of allylic oxidation sites excluding steroid dienone is 1. The van der Waals surface area contributed by atoms with Gasteiger partial charge in [0.2, 0.25) is 0 Å². The van der Waals surface area contributed by atoms with Crippen molar-refractivity contribution in [1.82, 2.24) is 4.57 Å². The molecule has 1 unspecified atom stereocenters. The lowest BCUT2D eigenvalue weighted by Crippen LogP contribution is -2.39. The molecule has 0 bridgehead atoms. The number of methoxy groups -OCH3 is 2. The summed E-state index contributed by atoms with van der Waals surface area (Å²) < 4.78 is 12.6. The third-order valence-corrected chi connectivity index (χ3v) is 7.06. The minimum absolute atomic E-state index is 0.199. The zero-order valence-corrected chi connectivity index (χ0v) is 21.0. The van der Waals surface area contributed by atoms with E-state index in [1.54, 1.807) is 18.6 Å². The molecule has 34 heavy (non-hydrogen) atoms. The smallest absolute Gasteiger partial charge is 0.338 e. The average molecular weight is 477 g/mol. The number of aromatic nitrogens is 1. The number of hydrogen-bond donors (Lipinski definition) is 0. The first kappa shape index (κ1) is 23.7. The lowest BCUT2D eigenvalue weighted by atomic mass is 9.93. The van der Waals surface area contributed by atoms with Crippen LogP contribution >= 0.6 is 11.3 Å². The van der Waals surface area contributed by atoms with Crippen LogP contribution in [0.15, 0.2) is 63.5 Å². The van der Waals surface area contributed by atoms with Crippen molar-refractivity contribution >= 4 is 23.4 Å². The molecule has 0 saturated carbocycles. The lowest BCUT2D eigenvalue weighted by molar-refractivity contribution is -0.136. The number of rotatable bonds is 5. The van der Waals surface area contributed by atoms with E-state index >= 15 is 0 Å². The minimum atomic E-state index is -0.611. The highest BCUT2D eigenvalue weighted by Crippen LogP contribution is 2.31. The van der Waals surface area contributed by atoms with Crippen LogP contribution < -0.4 is 19.6 Å². The summed E-state index contributed by atoms with van der Waals surface area (Å²) in [6.07, 6.45) is 1.84. The monoisotopic (exact) mass is 476 g/mol. The predicted molar refractivity (Wildman–Crippen MR) is 134 cm³/mol. The van der Waals surface area contributed by atoms with Crippen molar-refractivity contribution < 1.29 is 14.3 Å². The molecule has 0 amide bonds. The van der Waals surface area contributed by atoms with E-state index in [-0.39, 0.29) is 5.56 Å². The van der Waals surface area contributed by atoms with Gasteiger partial charge in [-0.25, -0.2) is 9.79 Å². The quantitative estimate of drug-likeness (QED) is 0.525. The molecule has 6 nitrogen and oxygen atoms in total. The van der Waals surface area contributed by atoms with Crippen LogP contribution in [0.5, 0.6) is 5.75 Å². The maximum atomic E-state index is 13.6. The topological polar surface area (TPSA) is 69.9 Å². The number of thiazole rings is 1. The van der Waals surface area contributed by atoms with Crippen molar-refractivity contribution in [2.45, 2.75) is 39.7 Å². The van der Waals surface area contributed by atoms with E-state index in [4.69, 9.17) is 9.47 Å². The molecule has 1 aliphatic heterocycles. The second kappa shape index (κ2) is 9.43. The predicted octanol–water partition coefficient (Wildman–Crippen LogP) is 3.85. The molecule has 7 heteroatoms. The van der Waals surface area contributed by atoms with Crippen molar-refractivity contribution in [3.63, 3.8) is 0 Å². The fourth-order valence-electron chi connectivity index (χ4n) is 4.15. The third-order valence-electron chi connectivity index (χ3n) is 6.08. The number of carbonyl (C=O) groups is 1. The standard InChI is InChI=1S/C27H28N2O4S/c1-15(2)19-9-11-20(12-10-19)24-23(26(31)33-6)17(4)28-27-29(24)25(30)22(34-27)14-18-8-7-16(3)21(13-18)32-5/h7-15,24H,1-6H3. The van der Waals surface area contributed by atoms with E-state index in [0.717, 1.165) is 22.4 Å². The largest absolute Gasteiger partial charge is 0.496 e. The van der Waals surface area contributed by atoms with Crippen molar-refractivity contribution in [2.75, 3.05) is 14.2 Å². The summed E-state index contributed by atoms with van der Waals surface area (Å²) in [5.41, 5.74) is 4.62. The van der Waals surface area contributed by atoms with Crippen LogP contribution in [0.2, 0.25) is 0 Å². The molecule has 176 valence electrons. The zero-order valence-electron chi connectivity index (χ0n) is 20.2. The van der Waals surface area contributed by atoms with Crippen LogP contribution in [0.4, 0.5) is 0 Å². The SMILES string of the molecule is COC(=O)C1=C(C)N=c2sc(=Cc3ccc(C)c(OC)c3)c(=O)n2C1c1ccc(C(C)C)cc1. The molecule has 1 aromatic heterocycles. The highest BCUT2D eigenvalue weighted by Gasteiger charge is 2.33. The maximum Gasteiger partial charge on any atom is 0.338 e. The number of benzene rings is 2. The molecular weight excluding hydrogens is 448 g/mol. The minimum Gasteiger partial charge on any atom is -0.496 e. The summed E-state index contributed by atoms with van der Waals surface area (Å²) in [6, 6.07) is 13.2. The fraction of sp³-hybridized carbons (Fsp3) is 0.296. The van der Waals surface area contributed by atoms with Crippen molar-refractivity contribution in [1.29, 1.82) is 0 Å². The highest BCUT2D eigenvalue weighted by molar-refractivity contribution is 7.07. The first-order valence-electron chi connectivity index (χ1n) is 11.1. The molecule has 0 N–H and O–H groups in total. The summed E-state index contributed by atoms with van der Waals surface area (Å²) in [6.45, 7) is 8.01. The van der Waals surface area contributed by atoms with Gasteiger partial charge in [-0.1, -0.05) is 61.6 Å². The van der Waals surface area contributed by atoms with E-state index in [1.165, 1.54) is 24.0 Å². The molecule has 0 spiro atoms. The summed E-state index contributed by atoms with van der Waals surface area (Å²) in [5.74, 6) is 0.644. The number of esters is 1. The van der Waals surface area contributed by atoms with Crippen LogP contribution in [0, 0.1) is 6.92 Å².